The van der Waals surface area contributed by atoms with Crippen molar-refractivity contribution in [1.29, 1.82) is 0 Å². The second kappa shape index (κ2) is 8.60. The minimum Gasteiger partial charge on any atom is -0.462 e. The van der Waals surface area contributed by atoms with Crippen LogP contribution in [-0.2, 0) is 9.53 Å². The van der Waals surface area contributed by atoms with Crippen molar-refractivity contribution in [3.63, 3.8) is 0 Å². The van der Waals surface area contributed by atoms with Crippen LogP contribution in [0.4, 0.5) is 0 Å². The molecule has 0 atom stereocenters. The Morgan fingerprint density at radius 3 is 2.38 bits per heavy atom. The maximum absolute atomic E-state index is 12.7. The number of ether oxygens (including phenoxy) is 3. The number of hydrogen-bond donors (Lipinski definition) is 0. The van der Waals surface area contributed by atoms with Gasteiger partial charge in [0.2, 0.25) is 11.2 Å². The first-order valence-electron chi connectivity index (χ1n) is 9.11. The van der Waals surface area contributed by atoms with Crippen LogP contribution < -0.4 is 14.9 Å². The fourth-order valence-electron chi connectivity index (χ4n) is 2.46. The number of rotatable bonds is 6. The molecule has 0 N–H and O–H groups in total. The largest absolute Gasteiger partial charge is 0.462 e. The van der Waals surface area contributed by atoms with Gasteiger partial charge in [0.05, 0.1) is 23.5 Å². The predicted octanol–water partition coefficient (Wildman–Crippen LogP) is 4.32. The van der Waals surface area contributed by atoms with E-state index in [4.69, 9.17) is 18.6 Å². The summed E-state index contributed by atoms with van der Waals surface area (Å²) in [4.78, 5) is 36.1. The molecule has 7 heteroatoms. The second-order valence-corrected chi connectivity index (χ2v) is 6.51. The fraction of sp³-hybridized carbons (Fsp3) is 0.227. The van der Waals surface area contributed by atoms with Crippen LogP contribution in [0.3, 0.4) is 0 Å². The SMILES string of the molecule is CCOC(=O)c1ccc(Oc2coc3cc(OC(=O)C(C)C)ccc3c2=O)cc1. The smallest absolute Gasteiger partial charge is 0.338 e. The van der Waals surface area contributed by atoms with Crippen LogP contribution in [0.1, 0.15) is 31.1 Å². The first kappa shape index (κ1) is 20.1. The zero-order valence-corrected chi connectivity index (χ0v) is 16.3. The van der Waals surface area contributed by atoms with Crippen molar-refractivity contribution >= 4 is 22.9 Å². The standard InChI is InChI=1S/C22H20O7/c1-4-26-22(25)14-5-7-15(8-6-14)28-19-12-27-18-11-16(29-21(24)13(2)3)9-10-17(18)20(19)23/h5-13H,4H2,1-3H3. The summed E-state index contributed by atoms with van der Waals surface area (Å²) in [5.41, 5.74) is 0.282. The van der Waals surface area contributed by atoms with Crippen molar-refractivity contribution < 1.29 is 28.2 Å². The van der Waals surface area contributed by atoms with Gasteiger partial charge in [-0.2, -0.15) is 0 Å². The van der Waals surface area contributed by atoms with Gasteiger partial charge < -0.3 is 18.6 Å². The molecule has 1 aromatic heterocycles. The van der Waals surface area contributed by atoms with Crippen LogP contribution in [0.2, 0.25) is 0 Å². The van der Waals surface area contributed by atoms with Crippen molar-refractivity contribution in [3.05, 3.63) is 64.5 Å². The lowest BCUT2D eigenvalue weighted by molar-refractivity contribution is -0.137. The Bertz CT molecular complexity index is 1090. The molecule has 1 heterocycles. The van der Waals surface area contributed by atoms with Gasteiger partial charge >= 0.3 is 11.9 Å². The Hall–Kier alpha value is -3.61. The maximum Gasteiger partial charge on any atom is 0.338 e. The molecule has 0 amide bonds. The summed E-state index contributed by atoms with van der Waals surface area (Å²) in [6, 6.07) is 10.7. The molecule has 0 bridgehead atoms. The molecule has 3 rings (SSSR count). The number of fused-ring (bicyclic) bond motifs is 1. The van der Waals surface area contributed by atoms with Crippen LogP contribution in [0, 0.1) is 5.92 Å². The average Bonchev–Trinajstić information content (AvgIpc) is 2.70. The Morgan fingerprint density at radius 1 is 1.03 bits per heavy atom. The van der Waals surface area contributed by atoms with Crippen molar-refractivity contribution in [2.24, 2.45) is 5.92 Å². The Kier molecular flexibility index (Phi) is 5.97. The molecule has 150 valence electrons. The molecule has 3 aromatic rings. The number of benzene rings is 2. The highest BCUT2D eigenvalue weighted by Crippen LogP contribution is 2.24. The highest BCUT2D eigenvalue weighted by Gasteiger charge is 2.14. The van der Waals surface area contributed by atoms with E-state index >= 15 is 0 Å². The summed E-state index contributed by atoms with van der Waals surface area (Å²) < 4.78 is 21.2. The molecule has 2 aromatic carbocycles. The Balaban J connectivity index is 1.82. The predicted molar refractivity (Wildman–Crippen MR) is 105 cm³/mol. The molecule has 0 fully saturated rings. The van der Waals surface area contributed by atoms with Gasteiger partial charge in [-0.05, 0) is 43.3 Å². The highest BCUT2D eigenvalue weighted by molar-refractivity contribution is 5.89. The lowest BCUT2D eigenvalue weighted by atomic mass is 10.2. The van der Waals surface area contributed by atoms with Crippen molar-refractivity contribution in [1.82, 2.24) is 0 Å². The van der Waals surface area contributed by atoms with Gasteiger partial charge in [-0.1, -0.05) is 13.8 Å². The number of hydrogen-bond acceptors (Lipinski definition) is 7. The van der Waals surface area contributed by atoms with E-state index in [1.54, 1.807) is 45.0 Å². The van der Waals surface area contributed by atoms with E-state index in [9.17, 15) is 14.4 Å². The number of carbonyl (C=O) groups excluding carboxylic acids is 2. The van der Waals surface area contributed by atoms with E-state index in [2.05, 4.69) is 0 Å². The minimum absolute atomic E-state index is 0.00619. The van der Waals surface area contributed by atoms with Crippen molar-refractivity contribution in [2.45, 2.75) is 20.8 Å². The van der Waals surface area contributed by atoms with Crippen LogP contribution in [0.5, 0.6) is 17.2 Å². The van der Waals surface area contributed by atoms with E-state index in [0.29, 0.717) is 17.1 Å². The summed E-state index contributed by atoms with van der Waals surface area (Å²) in [5.74, 6) is -0.428. The summed E-state index contributed by atoms with van der Waals surface area (Å²) >= 11 is 0. The molecule has 0 aliphatic carbocycles. The van der Waals surface area contributed by atoms with Crippen LogP contribution in [0.25, 0.3) is 11.0 Å². The van der Waals surface area contributed by atoms with Gasteiger partial charge in [0, 0.05) is 6.07 Å². The summed E-state index contributed by atoms with van der Waals surface area (Å²) in [7, 11) is 0. The van der Waals surface area contributed by atoms with Crippen molar-refractivity contribution in [2.75, 3.05) is 6.61 Å². The van der Waals surface area contributed by atoms with Crippen LogP contribution >= 0.6 is 0 Å². The van der Waals surface area contributed by atoms with E-state index in [0.717, 1.165) is 0 Å². The van der Waals surface area contributed by atoms with Gasteiger partial charge in [-0.25, -0.2) is 4.79 Å². The highest BCUT2D eigenvalue weighted by atomic mass is 16.5. The zero-order valence-electron chi connectivity index (χ0n) is 16.3. The van der Waals surface area contributed by atoms with E-state index in [1.807, 2.05) is 0 Å². The minimum atomic E-state index is -0.432. The summed E-state index contributed by atoms with van der Waals surface area (Å²) in [6.45, 7) is 5.47. The molecule has 0 radical (unpaired) electrons. The zero-order chi connectivity index (χ0) is 21.0. The topological polar surface area (TPSA) is 92.0 Å². The molecular formula is C22H20O7. The molecule has 7 nitrogen and oxygen atoms in total. The number of esters is 2. The van der Waals surface area contributed by atoms with Gasteiger partial charge in [0.1, 0.15) is 23.3 Å². The molecule has 0 saturated carbocycles. The van der Waals surface area contributed by atoms with Gasteiger partial charge in [-0.15, -0.1) is 0 Å². The lowest BCUT2D eigenvalue weighted by Gasteiger charge is -2.08. The fourth-order valence-corrected chi connectivity index (χ4v) is 2.46. The third kappa shape index (κ3) is 4.63. The molecule has 0 spiro atoms. The lowest BCUT2D eigenvalue weighted by Crippen LogP contribution is -2.14. The monoisotopic (exact) mass is 396 g/mol. The Labute approximate surface area is 166 Å². The van der Waals surface area contributed by atoms with Gasteiger partial charge in [0.25, 0.3) is 0 Å². The molecule has 0 aliphatic rings. The van der Waals surface area contributed by atoms with Gasteiger partial charge in [-0.3, -0.25) is 9.59 Å². The van der Waals surface area contributed by atoms with Crippen LogP contribution in [0.15, 0.2) is 57.9 Å². The van der Waals surface area contributed by atoms with E-state index in [1.165, 1.54) is 24.5 Å². The second-order valence-electron chi connectivity index (χ2n) is 6.51. The molecule has 29 heavy (non-hydrogen) atoms. The Morgan fingerprint density at radius 2 is 1.72 bits per heavy atom. The maximum atomic E-state index is 12.7. The normalized spacial score (nSPS) is 10.8. The molecule has 0 saturated heterocycles. The molecule has 0 aliphatic heterocycles. The summed E-state index contributed by atoms with van der Waals surface area (Å²) in [6.07, 6.45) is 1.19. The van der Waals surface area contributed by atoms with E-state index in [-0.39, 0.29) is 40.6 Å². The number of carbonyl (C=O) groups is 2. The van der Waals surface area contributed by atoms with Crippen LogP contribution in [-0.4, -0.2) is 18.5 Å². The summed E-state index contributed by atoms with van der Waals surface area (Å²) in [5, 5.41) is 0.287. The quantitative estimate of drug-likeness (QED) is 0.452. The van der Waals surface area contributed by atoms with Gasteiger partial charge in [0.15, 0.2) is 0 Å². The first-order chi connectivity index (χ1) is 13.9. The average molecular weight is 396 g/mol. The molecule has 0 unspecified atom stereocenters. The van der Waals surface area contributed by atoms with Crippen molar-refractivity contribution in [3.8, 4) is 17.2 Å². The third-order valence-corrected chi connectivity index (χ3v) is 4.00. The molecular weight excluding hydrogens is 376 g/mol. The first-order valence-corrected chi connectivity index (χ1v) is 9.11. The van der Waals surface area contributed by atoms with E-state index < -0.39 is 5.97 Å². The third-order valence-electron chi connectivity index (χ3n) is 4.00.